The van der Waals surface area contributed by atoms with E-state index in [1.807, 2.05) is 12.1 Å². The maximum Gasteiger partial charge on any atom is 0.401 e. The molecule has 6 nitrogen and oxygen atoms in total. The molecule has 0 saturated carbocycles. The van der Waals surface area contributed by atoms with Gasteiger partial charge in [0.15, 0.2) is 5.96 Å². The van der Waals surface area contributed by atoms with Gasteiger partial charge in [-0.05, 0) is 31.0 Å². The number of rotatable bonds is 8. The Kier molecular flexibility index (Phi) is 10.9. The molecule has 1 fully saturated rings. The van der Waals surface area contributed by atoms with Crippen molar-refractivity contribution >= 4 is 29.9 Å². The van der Waals surface area contributed by atoms with Crippen LogP contribution >= 0.6 is 24.0 Å². The van der Waals surface area contributed by atoms with Crippen molar-refractivity contribution < 1.29 is 17.9 Å². The lowest BCUT2D eigenvalue weighted by Crippen LogP contribution is -2.42. The Hall–Kier alpha value is -1.30. The second-order valence-corrected chi connectivity index (χ2v) is 6.55. The van der Waals surface area contributed by atoms with Crippen LogP contribution in [0.4, 0.5) is 13.2 Å². The molecule has 2 heterocycles. The van der Waals surface area contributed by atoms with Crippen molar-refractivity contribution in [3.05, 3.63) is 24.5 Å². The van der Waals surface area contributed by atoms with Crippen LogP contribution in [-0.2, 0) is 0 Å². The molecule has 1 unspecified atom stereocenters. The summed E-state index contributed by atoms with van der Waals surface area (Å²) in [6.07, 6.45) is 0.0485. The summed E-state index contributed by atoms with van der Waals surface area (Å²) in [5.74, 6) is 1.67. The highest BCUT2D eigenvalue weighted by Crippen LogP contribution is 2.21. The minimum Gasteiger partial charge on any atom is -0.490 e. The van der Waals surface area contributed by atoms with Gasteiger partial charge in [0.1, 0.15) is 12.4 Å². The Morgan fingerprint density at radius 3 is 2.86 bits per heavy atom. The summed E-state index contributed by atoms with van der Waals surface area (Å²) in [6, 6.07) is 3.65. The number of hydrogen-bond donors (Lipinski definition) is 1. The fourth-order valence-electron chi connectivity index (χ4n) is 3.19. The number of ether oxygens (including phenoxy) is 1. The zero-order chi connectivity index (χ0) is 19.7. The number of guanidine groups is 1. The third kappa shape index (κ3) is 8.80. The molecule has 1 atom stereocenters. The Bertz CT molecular complexity index is 588. The highest BCUT2D eigenvalue weighted by molar-refractivity contribution is 14.0. The molecule has 2 rings (SSSR count). The van der Waals surface area contributed by atoms with Gasteiger partial charge in [-0.2, -0.15) is 13.2 Å². The molecule has 1 saturated heterocycles. The lowest BCUT2D eigenvalue weighted by molar-refractivity contribution is -0.146. The topological polar surface area (TPSA) is 53.0 Å². The maximum atomic E-state index is 12.6. The predicted molar refractivity (Wildman–Crippen MR) is 114 cm³/mol. The molecule has 1 aliphatic rings. The summed E-state index contributed by atoms with van der Waals surface area (Å²) in [5, 5.41) is 3.24. The van der Waals surface area contributed by atoms with Crippen LogP contribution in [0.3, 0.4) is 0 Å². The van der Waals surface area contributed by atoms with Crippen molar-refractivity contribution in [3.63, 3.8) is 0 Å². The molecule has 0 radical (unpaired) electrons. The Labute approximate surface area is 181 Å². The zero-order valence-electron chi connectivity index (χ0n) is 16.3. The van der Waals surface area contributed by atoms with Crippen LogP contribution in [0.5, 0.6) is 5.75 Å². The summed E-state index contributed by atoms with van der Waals surface area (Å²) in [6.45, 7) is 4.31. The molecule has 0 aromatic carbocycles. The maximum absolute atomic E-state index is 12.6. The molecule has 28 heavy (non-hydrogen) atoms. The molecule has 0 spiro atoms. The van der Waals surface area contributed by atoms with Gasteiger partial charge in [0.2, 0.25) is 0 Å². The van der Waals surface area contributed by atoms with E-state index in [1.165, 1.54) is 4.90 Å². The largest absolute Gasteiger partial charge is 0.490 e. The monoisotopic (exact) mass is 515 g/mol. The Balaban J connectivity index is 0.00000392. The predicted octanol–water partition coefficient (Wildman–Crippen LogP) is 2.86. The number of hydrogen-bond acceptors (Lipinski definition) is 4. The second kappa shape index (κ2) is 12.3. The van der Waals surface area contributed by atoms with Gasteiger partial charge < -0.3 is 15.0 Å². The molecular formula is C18H29F3IN5O. The van der Waals surface area contributed by atoms with Gasteiger partial charge in [0.05, 0.1) is 19.3 Å². The summed E-state index contributed by atoms with van der Waals surface area (Å²) in [4.78, 5) is 11.8. The van der Waals surface area contributed by atoms with Gasteiger partial charge in [0, 0.05) is 32.9 Å². The SMILES string of the molecule is CCN(CC1CCN(C(=NC)NCCOc2cccnc2)C1)CC(F)(F)F.I. The van der Waals surface area contributed by atoms with E-state index < -0.39 is 12.7 Å². The average Bonchev–Trinajstić information content (AvgIpc) is 3.09. The lowest BCUT2D eigenvalue weighted by atomic mass is 10.1. The number of pyridine rings is 1. The number of halogens is 4. The number of alkyl halides is 3. The van der Waals surface area contributed by atoms with E-state index in [9.17, 15) is 13.2 Å². The Morgan fingerprint density at radius 2 is 2.25 bits per heavy atom. The second-order valence-electron chi connectivity index (χ2n) is 6.55. The quantitative estimate of drug-likeness (QED) is 0.250. The van der Waals surface area contributed by atoms with Crippen molar-refractivity contribution in [2.75, 3.05) is 52.9 Å². The number of aliphatic imine (C=N–C) groups is 1. The molecule has 10 heteroatoms. The van der Waals surface area contributed by atoms with Crippen molar-refractivity contribution in [1.29, 1.82) is 0 Å². The Morgan fingerprint density at radius 1 is 1.46 bits per heavy atom. The van der Waals surface area contributed by atoms with Gasteiger partial charge in [-0.15, -0.1) is 24.0 Å². The smallest absolute Gasteiger partial charge is 0.401 e. The van der Waals surface area contributed by atoms with Gasteiger partial charge in [-0.25, -0.2) is 0 Å². The standard InChI is InChI=1S/C18H28F3N5O.HI/c1-3-25(14-18(19,20)21)12-15-6-9-26(13-15)17(22-2)24-8-10-27-16-5-4-7-23-11-16;/h4-5,7,11,15H,3,6,8-10,12-14H2,1-2H3,(H,22,24);1H. The van der Waals surface area contributed by atoms with Gasteiger partial charge in [0.25, 0.3) is 0 Å². The van der Waals surface area contributed by atoms with E-state index in [1.54, 1.807) is 26.4 Å². The molecule has 1 aromatic rings. The first-order valence-corrected chi connectivity index (χ1v) is 9.18. The molecule has 0 aliphatic carbocycles. The van der Waals surface area contributed by atoms with Crippen molar-refractivity contribution in [2.24, 2.45) is 10.9 Å². The first kappa shape index (κ1) is 24.7. The highest BCUT2D eigenvalue weighted by atomic mass is 127. The van der Waals surface area contributed by atoms with E-state index in [4.69, 9.17) is 4.74 Å². The van der Waals surface area contributed by atoms with Crippen molar-refractivity contribution in [3.8, 4) is 5.75 Å². The number of likely N-dealkylation sites (tertiary alicyclic amines) is 1. The fourth-order valence-corrected chi connectivity index (χ4v) is 3.19. The summed E-state index contributed by atoms with van der Waals surface area (Å²) < 4.78 is 43.5. The summed E-state index contributed by atoms with van der Waals surface area (Å²) in [5.41, 5.74) is 0. The van der Waals surface area contributed by atoms with Crippen LogP contribution in [0, 0.1) is 5.92 Å². The van der Waals surface area contributed by atoms with Crippen LogP contribution in [-0.4, -0.2) is 79.8 Å². The summed E-state index contributed by atoms with van der Waals surface area (Å²) in [7, 11) is 1.71. The van der Waals surface area contributed by atoms with Gasteiger partial charge >= 0.3 is 6.18 Å². The van der Waals surface area contributed by atoms with Crippen LogP contribution < -0.4 is 10.1 Å². The molecular weight excluding hydrogens is 486 g/mol. The number of nitrogens with zero attached hydrogens (tertiary/aromatic N) is 4. The molecule has 0 bridgehead atoms. The third-order valence-corrected chi connectivity index (χ3v) is 4.45. The molecule has 1 aliphatic heterocycles. The normalized spacial score (nSPS) is 17.6. The third-order valence-electron chi connectivity index (χ3n) is 4.45. The first-order chi connectivity index (χ1) is 12.9. The molecule has 1 aromatic heterocycles. The minimum atomic E-state index is -4.15. The molecule has 160 valence electrons. The van der Waals surface area contributed by atoms with E-state index in [0.717, 1.165) is 18.9 Å². The zero-order valence-corrected chi connectivity index (χ0v) is 18.6. The van der Waals surface area contributed by atoms with E-state index in [0.29, 0.717) is 38.5 Å². The van der Waals surface area contributed by atoms with Crippen molar-refractivity contribution in [1.82, 2.24) is 20.1 Å². The average molecular weight is 515 g/mol. The van der Waals surface area contributed by atoms with E-state index in [2.05, 4.69) is 20.2 Å². The molecule has 0 amide bonds. The van der Waals surface area contributed by atoms with Crippen LogP contribution in [0.1, 0.15) is 13.3 Å². The van der Waals surface area contributed by atoms with Crippen LogP contribution in [0.25, 0.3) is 0 Å². The summed E-state index contributed by atoms with van der Waals surface area (Å²) >= 11 is 0. The van der Waals surface area contributed by atoms with Crippen LogP contribution in [0.15, 0.2) is 29.5 Å². The fraction of sp³-hybridized carbons (Fsp3) is 0.667. The lowest BCUT2D eigenvalue weighted by Gasteiger charge is -2.26. The van der Waals surface area contributed by atoms with Crippen molar-refractivity contribution in [2.45, 2.75) is 19.5 Å². The molecule has 1 N–H and O–H groups in total. The number of nitrogens with one attached hydrogen (secondary N) is 1. The van der Waals surface area contributed by atoms with Gasteiger partial charge in [-0.1, -0.05) is 6.92 Å². The van der Waals surface area contributed by atoms with E-state index >= 15 is 0 Å². The minimum absolute atomic E-state index is 0. The van der Waals surface area contributed by atoms with Gasteiger partial charge in [-0.3, -0.25) is 14.9 Å². The van der Waals surface area contributed by atoms with E-state index in [-0.39, 0.29) is 29.9 Å². The number of aromatic nitrogens is 1. The van der Waals surface area contributed by atoms with Crippen LogP contribution in [0.2, 0.25) is 0 Å². The first-order valence-electron chi connectivity index (χ1n) is 9.18. The highest BCUT2D eigenvalue weighted by Gasteiger charge is 2.32.